The molecule has 0 heterocycles. The van der Waals surface area contributed by atoms with Gasteiger partial charge in [0.1, 0.15) is 0 Å². The first-order valence-electron chi connectivity index (χ1n) is 6.35. The van der Waals surface area contributed by atoms with Crippen LogP contribution in [0.5, 0.6) is 0 Å². The molecule has 0 aliphatic heterocycles. The summed E-state index contributed by atoms with van der Waals surface area (Å²) in [6, 6.07) is 5.46. The summed E-state index contributed by atoms with van der Waals surface area (Å²) in [7, 11) is 0. The molecule has 0 bridgehead atoms. The topological polar surface area (TPSA) is 40.5 Å². The first-order chi connectivity index (χ1) is 9.27. The molecule has 0 saturated heterocycles. The molecule has 4 heteroatoms. The number of para-hydroxylation sites is 1. The number of carboxylic acid groups (broad SMARTS) is 1. The third-order valence-corrected chi connectivity index (χ3v) is 3.12. The quantitative estimate of drug-likeness (QED) is 0.652. The molecule has 0 fully saturated rings. The van der Waals surface area contributed by atoms with E-state index < -0.39 is 5.97 Å². The normalized spacial score (nSPS) is 11.6. The number of anilines is 1. The summed E-state index contributed by atoms with van der Waals surface area (Å²) in [4.78, 5) is 12.8. The highest BCUT2D eigenvalue weighted by Crippen LogP contribution is 2.35. The fourth-order valence-corrected chi connectivity index (χ4v) is 2.23. The average Bonchev–Trinajstić information content (AvgIpc) is 2.33. The van der Waals surface area contributed by atoms with Gasteiger partial charge in [-0.15, -0.1) is 6.58 Å². The minimum atomic E-state index is -0.984. The van der Waals surface area contributed by atoms with Crippen LogP contribution < -0.4 is 4.90 Å². The highest BCUT2D eigenvalue weighted by Gasteiger charge is 2.24. The largest absolute Gasteiger partial charge is 0.478 e. The SMILES string of the molecule is C=CCN(c1c(Cl)cccc1/C=C/C(=O)O)C(C)(C)C. The second-order valence-corrected chi connectivity index (χ2v) is 5.83. The van der Waals surface area contributed by atoms with Crippen LogP contribution in [0, 0.1) is 0 Å². The molecule has 0 amide bonds. The Balaban J connectivity index is 3.39. The van der Waals surface area contributed by atoms with Crippen LogP contribution in [0.1, 0.15) is 26.3 Å². The monoisotopic (exact) mass is 293 g/mol. The molecule has 0 atom stereocenters. The highest BCUT2D eigenvalue weighted by atomic mass is 35.5. The van der Waals surface area contributed by atoms with Crippen molar-refractivity contribution in [3.8, 4) is 0 Å². The molecule has 0 saturated carbocycles. The van der Waals surface area contributed by atoms with Crippen LogP contribution in [-0.2, 0) is 4.79 Å². The van der Waals surface area contributed by atoms with Crippen LogP contribution in [0.2, 0.25) is 5.02 Å². The fraction of sp³-hybridized carbons (Fsp3) is 0.312. The Labute approximate surface area is 125 Å². The molecule has 3 nitrogen and oxygen atoms in total. The standard InChI is InChI=1S/C16H20ClNO2/c1-5-11-18(16(2,3)4)15-12(9-10-14(19)20)7-6-8-13(15)17/h5-10H,1,11H2,2-4H3,(H,19,20)/b10-9+. The van der Waals surface area contributed by atoms with E-state index in [1.165, 1.54) is 0 Å². The maximum atomic E-state index is 10.7. The summed E-state index contributed by atoms with van der Waals surface area (Å²) in [6.45, 7) is 10.6. The molecule has 0 aliphatic rings. The molecule has 20 heavy (non-hydrogen) atoms. The fourth-order valence-electron chi connectivity index (χ4n) is 1.94. The Morgan fingerprint density at radius 3 is 2.60 bits per heavy atom. The van der Waals surface area contributed by atoms with E-state index >= 15 is 0 Å². The lowest BCUT2D eigenvalue weighted by atomic mass is 10.0. The van der Waals surface area contributed by atoms with Crippen LogP contribution in [0.4, 0.5) is 5.69 Å². The smallest absolute Gasteiger partial charge is 0.328 e. The van der Waals surface area contributed by atoms with Gasteiger partial charge >= 0.3 is 5.97 Å². The first kappa shape index (κ1) is 16.3. The number of carboxylic acids is 1. The van der Waals surface area contributed by atoms with Gasteiger partial charge in [-0.1, -0.05) is 29.8 Å². The van der Waals surface area contributed by atoms with Crippen LogP contribution in [0.15, 0.2) is 36.9 Å². The van der Waals surface area contributed by atoms with E-state index in [0.717, 1.165) is 17.3 Å². The summed E-state index contributed by atoms with van der Waals surface area (Å²) in [5.41, 5.74) is 1.43. The number of hydrogen-bond donors (Lipinski definition) is 1. The van der Waals surface area contributed by atoms with Gasteiger partial charge in [-0.2, -0.15) is 0 Å². The summed E-state index contributed by atoms with van der Waals surface area (Å²) < 4.78 is 0. The summed E-state index contributed by atoms with van der Waals surface area (Å²) in [5, 5.41) is 9.38. The first-order valence-corrected chi connectivity index (χ1v) is 6.73. The minimum absolute atomic E-state index is 0.162. The predicted molar refractivity (Wildman–Crippen MR) is 85.4 cm³/mol. The van der Waals surface area contributed by atoms with Crippen LogP contribution in [-0.4, -0.2) is 23.2 Å². The van der Waals surface area contributed by atoms with Crippen molar-refractivity contribution in [3.05, 3.63) is 47.5 Å². The van der Waals surface area contributed by atoms with E-state index in [1.807, 2.05) is 12.1 Å². The molecule has 108 valence electrons. The Morgan fingerprint density at radius 1 is 1.45 bits per heavy atom. The number of nitrogens with zero attached hydrogens (tertiary/aromatic N) is 1. The molecule has 0 radical (unpaired) electrons. The lowest BCUT2D eigenvalue weighted by Crippen LogP contribution is -2.42. The van der Waals surface area contributed by atoms with Gasteiger partial charge in [0.2, 0.25) is 0 Å². The second-order valence-electron chi connectivity index (χ2n) is 5.42. The molecule has 1 aromatic carbocycles. The molecular weight excluding hydrogens is 274 g/mol. The number of carbonyl (C=O) groups is 1. The Bertz CT molecular complexity index is 530. The van der Waals surface area contributed by atoms with E-state index in [-0.39, 0.29) is 5.54 Å². The Morgan fingerprint density at radius 2 is 2.10 bits per heavy atom. The van der Waals surface area contributed by atoms with E-state index in [1.54, 1.807) is 18.2 Å². The van der Waals surface area contributed by atoms with Crippen molar-refractivity contribution in [2.24, 2.45) is 0 Å². The van der Waals surface area contributed by atoms with Gasteiger partial charge in [0.25, 0.3) is 0 Å². The zero-order valence-corrected chi connectivity index (χ0v) is 12.8. The van der Waals surface area contributed by atoms with Gasteiger partial charge in [0, 0.05) is 18.2 Å². The third kappa shape index (κ3) is 4.14. The van der Waals surface area contributed by atoms with Gasteiger partial charge in [0.05, 0.1) is 10.7 Å². The van der Waals surface area contributed by atoms with Gasteiger partial charge in [-0.3, -0.25) is 0 Å². The highest BCUT2D eigenvalue weighted by molar-refractivity contribution is 6.33. The van der Waals surface area contributed by atoms with Crippen molar-refractivity contribution in [1.82, 2.24) is 0 Å². The molecule has 1 rings (SSSR count). The molecule has 0 aromatic heterocycles. The molecule has 0 aliphatic carbocycles. The molecule has 0 unspecified atom stereocenters. The predicted octanol–water partition coefficient (Wildman–Crippen LogP) is 4.23. The van der Waals surface area contributed by atoms with E-state index in [2.05, 4.69) is 32.3 Å². The van der Waals surface area contributed by atoms with Gasteiger partial charge in [0.15, 0.2) is 0 Å². The van der Waals surface area contributed by atoms with Gasteiger partial charge in [-0.05, 0) is 38.5 Å². The molecular formula is C16H20ClNO2. The lowest BCUT2D eigenvalue weighted by Gasteiger charge is -2.38. The maximum Gasteiger partial charge on any atom is 0.328 e. The second kappa shape index (κ2) is 6.62. The minimum Gasteiger partial charge on any atom is -0.478 e. The van der Waals surface area contributed by atoms with Crippen molar-refractivity contribution >= 4 is 29.3 Å². The number of aliphatic carboxylic acids is 1. The zero-order chi connectivity index (χ0) is 15.3. The van der Waals surface area contributed by atoms with Crippen molar-refractivity contribution < 1.29 is 9.90 Å². The van der Waals surface area contributed by atoms with Gasteiger partial charge in [-0.25, -0.2) is 4.79 Å². The summed E-state index contributed by atoms with van der Waals surface area (Å²) in [5.74, 6) is -0.984. The van der Waals surface area contributed by atoms with Crippen LogP contribution in [0.25, 0.3) is 6.08 Å². The number of hydrogen-bond acceptors (Lipinski definition) is 2. The zero-order valence-electron chi connectivity index (χ0n) is 12.1. The van der Waals surface area contributed by atoms with E-state index in [0.29, 0.717) is 11.6 Å². The maximum absolute atomic E-state index is 10.7. The number of halogens is 1. The van der Waals surface area contributed by atoms with Crippen molar-refractivity contribution in [2.45, 2.75) is 26.3 Å². The Hall–Kier alpha value is -1.74. The molecule has 1 aromatic rings. The summed E-state index contributed by atoms with van der Waals surface area (Å²) in [6.07, 6.45) is 4.48. The molecule has 0 spiro atoms. The van der Waals surface area contributed by atoms with Gasteiger partial charge < -0.3 is 10.0 Å². The van der Waals surface area contributed by atoms with Crippen LogP contribution in [0.3, 0.4) is 0 Å². The van der Waals surface area contributed by atoms with Crippen molar-refractivity contribution in [3.63, 3.8) is 0 Å². The summed E-state index contributed by atoms with van der Waals surface area (Å²) >= 11 is 6.32. The van der Waals surface area contributed by atoms with Crippen molar-refractivity contribution in [2.75, 3.05) is 11.4 Å². The Kier molecular flexibility index (Phi) is 5.40. The van der Waals surface area contributed by atoms with E-state index in [4.69, 9.17) is 16.7 Å². The van der Waals surface area contributed by atoms with Crippen LogP contribution >= 0.6 is 11.6 Å². The molecule has 1 N–H and O–H groups in total. The number of rotatable bonds is 5. The number of benzene rings is 1. The van der Waals surface area contributed by atoms with E-state index in [9.17, 15) is 4.79 Å². The van der Waals surface area contributed by atoms with Crippen molar-refractivity contribution in [1.29, 1.82) is 0 Å². The third-order valence-electron chi connectivity index (χ3n) is 2.81. The average molecular weight is 294 g/mol. The lowest BCUT2D eigenvalue weighted by molar-refractivity contribution is -0.131.